The summed E-state index contributed by atoms with van der Waals surface area (Å²) in [6.45, 7) is 10.0. The molecular weight excluding hydrogens is 210 g/mol. The van der Waals surface area contributed by atoms with Gasteiger partial charge in [-0.15, -0.1) is 0 Å². The first-order valence-electron chi connectivity index (χ1n) is 6.70. The van der Waals surface area contributed by atoms with Crippen LogP contribution in [0.15, 0.2) is 0 Å². The van der Waals surface area contributed by atoms with Crippen LogP contribution < -0.4 is 5.32 Å². The Labute approximate surface area is 106 Å². The molecule has 3 heteroatoms. The fourth-order valence-corrected chi connectivity index (χ4v) is 1.91. The summed E-state index contributed by atoms with van der Waals surface area (Å²) in [7, 11) is 2.15. The summed E-state index contributed by atoms with van der Waals surface area (Å²) in [5, 5.41) is 12.5. The van der Waals surface area contributed by atoms with Crippen LogP contribution in [0, 0.1) is 16.7 Å². The summed E-state index contributed by atoms with van der Waals surface area (Å²) in [6, 6.07) is 3.54. The van der Waals surface area contributed by atoms with Crippen LogP contribution in [0.5, 0.6) is 0 Å². The van der Waals surface area contributed by atoms with Crippen LogP contribution in [-0.4, -0.2) is 36.6 Å². The molecule has 0 amide bonds. The second-order valence-electron chi connectivity index (χ2n) is 6.43. The summed E-state index contributed by atoms with van der Waals surface area (Å²) < 4.78 is 0. The molecule has 1 N–H and O–H groups in total. The molecule has 0 saturated heterocycles. The van der Waals surface area contributed by atoms with Gasteiger partial charge in [0.15, 0.2) is 0 Å². The van der Waals surface area contributed by atoms with Crippen molar-refractivity contribution in [2.45, 2.75) is 65.1 Å². The fourth-order valence-electron chi connectivity index (χ4n) is 1.91. The molecule has 2 atom stereocenters. The third-order valence-electron chi connectivity index (χ3n) is 3.86. The predicted octanol–water partition coefficient (Wildman–Crippen LogP) is 2.39. The van der Waals surface area contributed by atoms with Crippen molar-refractivity contribution in [2.75, 3.05) is 13.6 Å². The van der Waals surface area contributed by atoms with Gasteiger partial charge in [0.1, 0.15) is 0 Å². The molecule has 0 bridgehead atoms. The summed E-state index contributed by atoms with van der Waals surface area (Å²) in [4.78, 5) is 2.36. The second-order valence-corrected chi connectivity index (χ2v) is 6.43. The number of hydrogen-bond acceptors (Lipinski definition) is 3. The molecule has 3 nitrogen and oxygen atoms in total. The highest BCUT2D eigenvalue weighted by Crippen LogP contribution is 2.23. The first kappa shape index (κ1) is 14.5. The number of nitrogens with one attached hydrogen (secondary N) is 1. The van der Waals surface area contributed by atoms with Crippen LogP contribution in [0.1, 0.15) is 47.0 Å². The molecule has 2 unspecified atom stereocenters. The van der Waals surface area contributed by atoms with E-state index in [-0.39, 0.29) is 6.04 Å². The average molecular weight is 237 g/mol. The molecule has 0 aliphatic heterocycles. The lowest BCUT2D eigenvalue weighted by Crippen LogP contribution is -2.42. The maximum absolute atomic E-state index is 9.08. The minimum absolute atomic E-state index is 0.0251. The van der Waals surface area contributed by atoms with Gasteiger partial charge >= 0.3 is 0 Å². The lowest BCUT2D eigenvalue weighted by atomic mass is 9.87. The maximum Gasteiger partial charge on any atom is 0.0967 e. The molecule has 1 aliphatic carbocycles. The van der Waals surface area contributed by atoms with Gasteiger partial charge in [-0.3, -0.25) is 5.32 Å². The zero-order chi connectivity index (χ0) is 13.1. The zero-order valence-corrected chi connectivity index (χ0v) is 12.0. The van der Waals surface area contributed by atoms with E-state index >= 15 is 0 Å². The summed E-state index contributed by atoms with van der Waals surface area (Å²) >= 11 is 0. The van der Waals surface area contributed by atoms with Gasteiger partial charge < -0.3 is 4.90 Å². The van der Waals surface area contributed by atoms with Gasteiger partial charge in [-0.05, 0) is 38.6 Å². The summed E-state index contributed by atoms with van der Waals surface area (Å²) in [5.41, 5.74) is 0.292. The van der Waals surface area contributed by atoms with E-state index in [4.69, 9.17) is 5.26 Å². The van der Waals surface area contributed by atoms with E-state index in [1.807, 2.05) is 0 Å². The molecule has 0 spiro atoms. The molecule has 1 fully saturated rings. The van der Waals surface area contributed by atoms with Crippen molar-refractivity contribution in [1.82, 2.24) is 10.2 Å². The molecule has 0 aromatic carbocycles. The van der Waals surface area contributed by atoms with Crippen LogP contribution in [0.2, 0.25) is 0 Å². The van der Waals surface area contributed by atoms with Crippen LogP contribution in [0.25, 0.3) is 0 Å². The SMILES string of the molecule is CC(N(C)CCC(C#N)NC1CC1)C(C)(C)C. The number of nitriles is 1. The van der Waals surface area contributed by atoms with Gasteiger partial charge in [0.05, 0.1) is 12.1 Å². The number of hydrogen-bond donors (Lipinski definition) is 1. The Morgan fingerprint density at radius 1 is 1.41 bits per heavy atom. The fraction of sp³-hybridized carbons (Fsp3) is 0.929. The zero-order valence-electron chi connectivity index (χ0n) is 12.0. The van der Waals surface area contributed by atoms with Gasteiger partial charge in [-0.1, -0.05) is 20.8 Å². The minimum atomic E-state index is 0.0251. The minimum Gasteiger partial charge on any atom is -0.303 e. The van der Waals surface area contributed by atoms with E-state index in [0.717, 1.165) is 13.0 Å². The molecule has 1 aliphatic rings. The standard InChI is InChI=1S/C14H27N3/c1-11(14(2,3)4)17(5)9-8-13(10-15)16-12-6-7-12/h11-13,16H,6-9H2,1-5H3. The Balaban J connectivity index is 2.30. The maximum atomic E-state index is 9.08. The highest BCUT2D eigenvalue weighted by atomic mass is 15.1. The van der Waals surface area contributed by atoms with Crippen LogP contribution in [-0.2, 0) is 0 Å². The van der Waals surface area contributed by atoms with Crippen molar-refractivity contribution < 1.29 is 0 Å². The predicted molar refractivity (Wildman–Crippen MR) is 71.7 cm³/mol. The largest absolute Gasteiger partial charge is 0.303 e. The highest BCUT2D eigenvalue weighted by molar-refractivity contribution is 4.96. The van der Waals surface area contributed by atoms with Crippen molar-refractivity contribution in [1.29, 1.82) is 5.26 Å². The van der Waals surface area contributed by atoms with Crippen molar-refractivity contribution in [3.63, 3.8) is 0 Å². The molecule has 0 aromatic rings. The summed E-state index contributed by atoms with van der Waals surface area (Å²) in [6.07, 6.45) is 3.41. The van der Waals surface area contributed by atoms with Crippen molar-refractivity contribution in [2.24, 2.45) is 5.41 Å². The van der Waals surface area contributed by atoms with E-state index in [1.54, 1.807) is 0 Å². The van der Waals surface area contributed by atoms with Gasteiger partial charge in [-0.2, -0.15) is 5.26 Å². The molecule has 17 heavy (non-hydrogen) atoms. The smallest absolute Gasteiger partial charge is 0.0967 e. The van der Waals surface area contributed by atoms with E-state index in [0.29, 0.717) is 17.5 Å². The third kappa shape index (κ3) is 5.06. The molecule has 1 saturated carbocycles. The molecule has 0 radical (unpaired) electrons. The Morgan fingerprint density at radius 2 is 2.00 bits per heavy atom. The first-order valence-corrected chi connectivity index (χ1v) is 6.70. The second kappa shape index (κ2) is 5.84. The van der Waals surface area contributed by atoms with Gasteiger partial charge in [0, 0.05) is 18.6 Å². The normalized spacial score (nSPS) is 20.1. The number of nitrogens with zero attached hydrogens (tertiary/aromatic N) is 2. The van der Waals surface area contributed by atoms with Gasteiger partial charge in [0.2, 0.25) is 0 Å². The molecule has 1 rings (SSSR count). The molecule has 0 aromatic heterocycles. The van der Waals surface area contributed by atoms with E-state index < -0.39 is 0 Å². The third-order valence-corrected chi connectivity index (χ3v) is 3.86. The Bertz CT molecular complexity index is 270. The average Bonchev–Trinajstić information content (AvgIpc) is 3.05. The van der Waals surface area contributed by atoms with Crippen molar-refractivity contribution in [3.8, 4) is 6.07 Å². The van der Waals surface area contributed by atoms with Crippen molar-refractivity contribution >= 4 is 0 Å². The Morgan fingerprint density at radius 3 is 2.41 bits per heavy atom. The Hall–Kier alpha value is -0.590. The lowest BCUT2D eigenvalue weighted by molar-refractivity contribution is 0.137. The Kier molecular flexibility index (Phi) is 4.97. The van der Waals surface area contributed by atoms with Crippen LogP contribution in [0.4, 0.5) is 0 Å². The number of rotatable bonds is 6. The van der Waals surface area contributed by atoms with Crippen LogP contribution >= 0.6 is 0 Å². The molecule has 98 valence electrons. The van der Waals surface area contributed by atoms with Gasteiger partial charge in [0.25, 0.3) is 0 Å². The molecular formula is C14H27N3. The molecule has 0 heterocycles. The van der Waals surface area contributed by atoms with Gasteiger partial charge in [-0.25, -0.2) is 0 Å². The highest BCUT2D eigenvalue weighted by Gasteiger charge is 2.26. The van der Waals surface area contributed by atoms with E-state index in [2.05, 4.69) is 51.0 Å². The monoisotopic (exact) mass is 237 g/mol. The van der Waals surface area contributed by atoms with Crippen molar-refractivity contribution in [3.05, 3.63) is 0 Å². The van der Waals surface area contributed by atoms with E-state index in [1.165, 1.54) is 12.8 Å². The van der Waals surface area contributed by atoms with E-state index in [9.17, 15) is 0 Å². The lowest BCUT2D eigenvalue weighted by Gasteiger charge is -2.35. The topological polar surface area (TPSA) is 39.1 Å². The quantitative estimate of drug-likeness (QED) is 0.771. The van der Waals surface area contributed by atoms with Crippen LogP contribution in [0.3, 0.4) is 0 Å². The summed E-state index contributed by atoms with van der Waals surface area (Å²) in [5.74, 6) is 0. The first-order chi connectivity index (χ1) is 7.84.